The van der Waals surface area contributed by atoms with E-state index in [1.54, 1.807) is 11.3 Å². The van der Waals surface area contributed by atoms with E-state index in [2.05, 4.69) is 44.6 Å². The van der Waals surface area contributed by atoms with Gasteiger partial charge in [0.15, 0.2) is 0 Å². The first-order chi connectivity index (χ1) is 13.8. The van der Waals surface area contributed by atoms with Gasteiger partial charge in [0.05, 0.1) is 4.88 Å². The molecule has 4 rings (SSSR count). The van der Waals surface area contributed by atoms with E-state index in [0.29, 0.717) is 37.5 Å². The molecule has 3 heterocycles. The predicted octanol–water partition coefficient (Wildman–Crippen LogP) is 3.69. The minimum Gasteiger partial charge on any atom is -0.370 e. The summed E-state index contributed by atoms with van der Waals surface area (Å²) in [5.74, 6) is 1.28. The summed E-state index contributed by atoms with van der Waals surface area (Å²) in [5, 5.41) is 9.01. The molecule has 1 aliphatic heterocycles. The summed E-state index contributed by atoms with van der Waals surface area (Å²) in [6.45, 7) is 2.56. The molecule has 1 amide bonds. The topological polar surface area (TPSA) is 71.3 Å². The fraction of sp³-hybridized carbons (Fsp3) is 0.381. The number of aryl methyl sites for hydroxylation is 2. The molecule has 28 heavy (non-hydrogen) atoms. The van der Waals surface area contributed by atoms with E-state index < -0.39 is 0 Å². The Labute approximate surface area is 168 Å². The average Bonchev–Trinajstić information content (AvgIpc) is 3.40. The molecule has 1 N–H and O–H groups in total. The molecule has 0 saturated heterocycles. The van der Waals surface area contributed by atoms with Gasteiger partial charge in [0.2, 0.25) is 17.6 Å². The highest BCUT2D eigenvalue weighted by Gasteiger charge is 2.16. The maximum Gasteiger partial charge on any atom is 0.226 e. The number of nitrogens with one attached hydrogen (secondary N) is 1. The van der Waals surface area contributed by atoms with Crippen LogP contribution in [0.2, 0.25) is 0 Å². The molecule has 6 nitrogen and oxygen atoms in total. The van der Waals surface area contributed by atoms with Crippen LogP contribution < -0.4 is 10.2 Å². The molecule has 0 radical (unpaired) electrons. The number of anilines is 1. The van der Waals surface area contributed by atoms with Crippen molar-refractivity contribution in [3.8, 4) is 10.7 Å². The van der Waals surface area contributed by atoms with Crippen LogP contribution in [0.25, 0.3) is 10.7 Å². The lowest BCUT2D eigenvalue weighted by atomic mass is 10.0. The molecule has 7 heteroatoms. The molecule has 2 aromatic heterocycles. The minimum atomic E-state index is 0.0725. The lowest BCUT2D eigenvalue weighted by molar-refractivity contribution is -0.121. The summed E-state index contributed by atoms with van der Waals surface area (Å²) < 4.78 is 5.27. The van der Waals surface area contributed by atoms with Crippen LogP contribution in [0.4, 0.5) is 5.69 Å². The lowest BCUT2D eigenvalue weighted by Crippen LogP contribution is -2.37. The van der Waals surface area contributed by atoms with Gasteiger partial charge in [-0.3, -0.25) is 4.79 Å². The van der Waals surface area contributed by atoms with Crippen LogP contribution in [0.5, 0.6) is 0 Å². The Hall–Kier alpha value is -2.67. The van der Waals surface area contributed by atoms with Crippen LogP contribution >= 0.6 is 11.3 Å². The van der Waals surface area contributed by atoms with Gasteiger partial charge in [0, 0.05) is 38.2 Å². The second-order valence-electron chi connectivity index (χ2n) is 6.91. The molecule has 0 fully saturated rings. The Morgan fingerprint density at radius 1 is 1.25 bits per heavy atom. The van der Waals surface area contributed by atoms with Crippen LogP contribution in [-0.4, -0.2) is 35.7 Å². The number of hydrogen-bond acceptors (Lipinski definition) is 6. The van der Waals surface area contributed by atoms with Gasteiger partial charge in [-0.25, -0.2) is 0 Å². The third-order valence-electron chi connectivity index (χ3n) is 4.91. The van der Waals surface area contributed by atoms with Crippen molar-refractivity contribution in [1.82, 2.24) is 15.5 Å². The normalized spacial score (nSPS) is 13.4. The summed E-state index contributed by atoms with van der Waals surface area (Å²) in [4.78, 5) is 19.9. The number of thiophene rings is 1. The van der Waals surface area contributed by atoms with Gasteiger partial charge >= 0.3 is 0 Å². The van der Waals surface area contributed by atoms with E-state index in [0.717, 1.165) is 24.4 Å². The van der Waals surface area contributed by atoms with E-state index in [-0.39, 0.29) is 5.91 Å². The molecule has 0 atom stereocenters. The smallest absolute Gasteiger partial charge is 0.226 e. The van der Waals surface area contributed by atoms with Crippen molar-refractivity contribution in [3.63, 3.8) is 0 Å². The first-order valence-electron chi connectivity index (χ1n) is 9.75. The third kappa shape index (κ3) is 4.59. The van der Waals surface area contributed by atoms with E-state index in [9.17, 15) is 4.79 Å². The Balaban J connectivity index is 1.17. The van der Waals surface area contributed by atoms with Crippen LogP contribution in [0.1, 0.15) is 30.7 Å². The fourth-order valence-corrected chi connectivity index (χ4v) is 4.17. The first kappa shape index (κ1) is 18.7. The van der Waals surface area contributed by atoms with E-state index >= 15 is 0 Å². The average molecular weight is 397 g/mol. The minimum absolute atomic E-state index is 0.0725. The molecule has 0 saturated carbocycles. The van der Waals surface area contributed by atoms with Crippen molar-refractivity contribution in [2.45, 2.75) is 32.1 Å². The van der Waals surface area contributed by atoms with Gasteiger partial charge in [-0.15, -0.1) is 11.3 Å². The first-order valence-corrected chi connectivity index (χ1v) is 10.6. The summed E-state index contributed by atoms with van der Waals surface area (Å²) in [5.41, 5.74) is 2.71. The number of aromatic nitrogens is 2. The van der Waals surface area contributed by atoms with Gasteiger partial charge < -0.3 is 14.7 Å². The molecule has 0 spiro atoms. The maximum absolute atomic E-state index is 12.1. The van der Waals surface area contributed by atoms with E-state index in [4.69, 9.17) is 4.52 Å². The summed E-state index contributed by atoms with van der Waals surface area (Å²) in [6, 6.07) is 12.5. The van der Waals surface area contributed by atoms with Gasteiger partial charge in [0.1, 0.15) is 0 Å². The second kappa shape index (κ2) is 9.01. The Bertz CT molecular complexity index is 907. The molecule has 0 aliphatic carbocycles. The SMILES string of the molecule is O=C(CCCc1nc(-c2cccs2)no1)NCCN1CCCc2ccccc21. The number of amides is 1. The van der Waals surface area contributed by atoms with Gasteiger partial charge in [0.25, 0.3) is 0 Å². The third-order valence-corrected chi connectivity index (χ3v) is 5.78. The van der Waals surface area contributed by atoms with Crippen molar-refractivity contribution in [1.29, 1.82) is 0 Å². The quantitative estimate of drug-likeness (QED) is 0.629. The molecule has 1 aliphatic rings. The van der Waals surface area contributed by atoms with E-state index in [1.165, 1.54) is 17.7 Å². The summed E-state index contributed by atoms with van der Waals surface area (Å²) in [6.07, 6.45) is 4.09. The standard InChI is InChI=1S/C21H24N4O2S/c26-19(10-3-11-20-23-21(24-27-20)18-9-5-15-28-18)22-12-14-25-13-4-7-16-6-1-2-8-17(16)25/h1-2,5-6,8-9,15H,3-4,7,10-14H2,(H,22,26). The van der Waals surface area contributed by atoms with Crippen LogP contribution in [0.15, 0.2) is 46.3 Å². The predicted molar refractivity (Wildman–Crippen MR) is 111 cm³/mol. The number of fused-ring (bicyclic) bond motifs is 1. The van der Waals surface area contributed by atoms with Crippen LogP contribution in [0, 0.1) is 0 Å². The molecule has 0 unspecified atom stereocenters. The zero-order valence-electron chi connectivity index (χ0n) is 15.8. The zero-order chi connectivity index (χ0) is 19.2. The highest BCUT2D eigenvalue weighted by Crippen LogP contribution is 2.26. The highest BCUT2D eigenvalue weighted by atomic mass is 32.1. The molecule has 0 bridgehead atoms. The molecule has 146 valence electrons. The van der Waals surface area contributed by atoms with Crippen molar-refractivity contribution >= 4 is 22.9 Å². The lowest BCUT2D eigenvalue weighted by Gasteiger charge is -2.31. The Morgan fingerprint density at radius 3 is 3.07 bits per heavy atom. The molecular formula is C21H24N4O2S. The fourth-order valence-electron chi connectivity index (χ4n) is 3.52. The molecule has 3 aromatic rings. The van der Waals surface area contributed by atoms with Gasteiger partial charge in [-0.1, -0.05) is 29.4 Å². The monoisotopic (exact) mass is 396 g/mol. The van der Waals surface area contributed by atoms with Crippen LogP contribution in [0.3, 0.4) is 0 Å². The maximum atomic E-state index is 12.1. The number of rotatable bonds is 8. The van der Waals surface area contributed by atoms with Crippen molar-refractivity contribution < 1.29 is 9.32 Å². The number of hydrogen-bond donors (Lipinski definition) is 1. The number of nitrogens with zero attached hydrogens (tertiary/aromatic N) is 3. The zero-order valence-corrected chi connectivity index (χ0v) is 16.6. The largest absolute Gasteiger partial charge is 0.370 e. The van der Waals surface area contributed by atoms with Crippen LogP contribution in [-0.2, 0) is 17.6 Å². The number of benzene rings is 1. The molecule has 1 aromatic carbocycles. The van der Waals surface area contributed by atoms with Crippen molar-refractivity contribution in [2.24, 2.45) is 0 Å². The van der Waals surface area contributed by atoms with Crippen molar-refractivity contribution in [2.75, 3.05) is 24.5 Å². The number of carbonyl (C=O) groups is 1. The highest BCUT2D eigenvalue weighted by molar-refractivity contribution is 7.13. The second-order valence-corrected chi connectivity index (χ2v) is 7.86. The Morgan fingerprint density at radius 2 is 2.18 bits per heavy atom. The number of carbonyl (C=O) groups excluding carboxylic acids is 1. The number of para-hydroxylation sites is 1. The van der Waals surface area contributed by atoms with E-state index in [1.807, 2.05) is 17.5 Å². The van der Waals surface area contributed by atoms with Crippen molar-refractivity contribution in [3.05, 3.63) is 53.2 Å². The Kier molecular flexibility index (Phi) is 6.01. The van der Waals surface area contributed by atoms with Gasteiger partial charge in [-0.05, 0) is 42.3 Å². The summed E-state index contributed by atoms with van der Waals surface area (Å²) >= 11 is 1.58. The molecular weight excluding hydrogens is 372 g/mol. The summed E-state index contributed by atoms with van der Waals surface area (Å²) in [7, 11) is 0. The van der Waals surface area contributed by atoms with Gasteiger partial charge in [-0.2, -0.15) is 4.98 Å².